The maximum atomic E-state index is 12.5. The van der Waals surface area contributed by atoms with Crippen LogP contribution in [0.5, 0.6) is 0 Å². The van der Waals surface area contributed by atoms with Gasteiger partial charge in [-0.25, -0.2) is 0 Å². The summed E-state index contributed by atoms with van der Waals surface area (Å²) in [7, 11) is 0. The molecule has 0 heterocycles. The van der Waals surface area contributed by atoms with Crippen molar-refractivity contribution in [3.63, 3.8) is 0 Å². The van der Waals surface area contributed by atoms with Gasteiger partial charge in [-0.3, -0.25) is 4.79 Å². The molecule has 1 aromatic rings. The number of halogens is 4. The Kier molecular flexibility index (Phi) is 2.22. The Morgan fingerprint density at radius 1 is 1.13 bits per heavy atom. The lowest BCUT2D eigenvalue weighted by molar-refractivity contribution is -0.0687. The average molecular weight is 277 g/mol. The molecule has 0 fully saturated rings. The zero-order valence-electron chi connectivity index (χ0n) is 7.23. The van der Waals surface area contributed by atoms with E-state index in [1.54, 1.807) is 6.07 Å². The van der Waals surface area contributed by atoms with E-state index >= 15 is 0 Å². The maximum Gasteiger partial charge on any atom is 0.417 e. The molecule has 0 aromatic heterocycles. The lowest BCUT2D eigenvalue weighted by Gasteiger charge is -2.08. The van der Waals surface area contributed by atoms with Crippen molar-refractivity contribution in [3.05, 3.63) is 39.9 Å². The highest BCUT2D eigenvalue weighted by Crippen LogP contribution is 2.40. The minimum absolute atomic E-state index is 0.0538. The first-order valence-corrected chi connectivity index (χ1v) is 4.82. The van der Waals surface area contributed by atoms with E-state index in [1.165, 1.54) is 12.1 Å². The summed E-state index contributed by atoms with van der Waals surface area (Å²) in [5, 5.41) is 0. The number of carbonyl (C=O) groups excluding carboxylic acids is 1. The van der Waals surface area contributed by atoms with Crippen LogP contribution in [0.25, 0.3) is 5.57 Å². The molecule has 1 aromatic carbocycles. The molecule has 2 rings (SSSR count). The van der Waals surface area contributed by atoms with Crippen LogP contribution in [0.1, 0.15) is 15.9 Å². The van der Waals surface area contributed by atoms with Gasteiger partial charge in [-0.15, -0.1) is 0 Å². The van der Waals surface area contributed by atoms with E-state index in [4.69, 9.17) is 0 Å². The molecular formula is C10H4BrF3O. The lowest BCUT2D eigenvalue weighted by atomic mass is 10.1. The van der Waals surface area contributed by atoms with E-state index in [2.05, 4.69) is 15.9 Å². The summed E-state index contributed by atoms with van der Waals surface area (Å²) >= 11 is 3.07. The summed E-state index contributed by atoms with van der Waals surface area (Å²) in [5.41, 5.74) is -0.823. The molecule has 0 N–H and O–H groups in total. The average Bonchev–Trinajstić information content (AvgIpc) is 2.42. The first-order valence-electron chi connectivity index (χ1n) is 4.03. The van der Waals surface area contributed by atoms with E-state index < -0.39 is 17.5 Å². The second kappa shape index (κ2) is 3.20. The van der Waals surface area contributed by atoms with Gasteiger partial charge in [0.2, 0.25) is 0 Å². The highest BCUT2D eigenvalue weighted by molar-refractivity contribution is 9.10. The number of alkyl halides is 3. The predicted octanol–water partition coefficient (Wildman–Crippen LogP) is 3.59. The van der Waals surface area contributed by atoms with Gasteiger partial charge in [0.1, 0.15) is 0 Å². The first kappa shape index (κ1) is 10.4. The fraction of sp³-hybridized carbons (Fsp3) is 0.100. The van der Waals surface area contributed by atoms with Crippen LogP contribution in [-0.4, -0.2) is 12.0 Å². The van der Waals surface area contributed by atoms with Crippen LogP contribution in [0.4, 0.5) is 13.2 Å². The van der Waals surface area contributed by atoms with Gasteiger partial charge in [-0.1, -0.05) is 15.9 Å². The largest absolute Gasteiger partial charge is 0.417 e. The number of allylic oxidation sites excluding steroid dienone is 2. The Labute approximate surface area is 91.7 Å². The van der Waals surface area contributed by atoms with Crippen molar-refractivity contribution in [2.75, 3.05) is 0 Å². The van der Waals surface area contributed by atoms with Crippen molar-refractivity contribution in [3.8, 4) is 0 Å². The predicted molar refractivity (Wildman–Crippen MR) is 52.5 cm³/mol. The summed E-state index contributed by atoms with van der Waals surface area (Å²) in [6.07, 6.45) is -3.85. The molecule has 5 heteroatoms. The van der Waals surface area contributed by atoms with Crippen molar-refractivity contribution in [1.82, 2.24) is 0 Å². The van der Waals surface area contributed by atoms with Crippen molar-refractivity contribution >= 4 is 27.3 Å². The summed E-state index contributed by atoms with van der Waals surface area (Å²) in [6, 6.07) is 4.24. The number of rotatable bonds is 0. The molecule has 0 saturated heterocycles. The Morgan fingerprint density at radius 3 is 2.40 bits per heavy atom. The van der Waals surface area contributed by atoms with Crippen LogP contribution in [0.2, 0.25) is 0 Å². The second-order valence-corrected chi connectivity index (χ2v) is 4.03. The molecule has 0 aliphatic heterocycles. The Bertz CT molecular complexity index is 474. The smallest absolute Gasteiger partial charge is 0.289 e. The quantitative estimate of drug-likeness (QED) is 0.708. The van der Waals surface area contributed by atoms with Gasteiger partial charge >= 0.3 is 6.18 Å². The van der Waals surface area contributed by atoms with Crippen LogP contribution in [0.15, 0.2) is 28.7 Å². The van der Waals surface area contributed by atoms with Crippen LogP contribution >= 0.6 is 15.9 Å². The molecule has 1 nitrogen and oxygen atoms in total. The highest BCUT2D eigenvalue weighted by Gasteiger charge is 2.40. The van der Waals surface area contributed by atoms with Gasteiger partial charge in [0.05, 0.1) is 5.57 Å². The SMILES string of the molecule is O=C1C=C(C(F)(F)F)c2cc(Br)ccc21. The van der Waals surface area contributed by atoms with Gasteiger partial charge in [0, 0.05) is 10.0 Å². The minimum Gasteiger partial charge on any atom is -0.289 e. The third-order valence-electron chi connectivity index (χ3n) is 2.12. The normalized spacial score (nSPS) is 15.2. The molecule has 0 atom stereocenters. The number of benzene rings is 1. The fourth-order valence-electron chi connectivity index (χ4n) is 1.48. The first-order chi connectivity index (χ1) is 6.89. The van der Waals surface area contributed by atoms with E-state index in [0.29, 0.717) is 10.5 Å². The van der Waals surface area contributed by atoms with Crippen molar-refractivity contribution in [1.29, 1.82) is 0 Å². The van der Waals surface area contributed by atoms with E-state index in [0.717, 1.165) is 0 Å². The van der Waals surface area contributed by atoms with Crippen molar-refractivity contribution in [2.24, 2.45) is 0 Å². The van der Waals surface area contributed by atoms with Gasteiger partial charge < -0.3 is 0 Å². The molecule has 0 radical (unpaired) electrons. The van der Waals surface area contributed by atoms with Gasteiger partial charge in [-0.05, 0) is 29.8 Å². The molecule has 0 unspecified atom stereocenters. The topological polar surface area (TPSA) is 17.1 Å². The zero-order valence-corrected chi connectivity index (χ0v) is 8.82. The summed E-state index contributed by atoms with van der Waals surface area (Å²) in [6.45, 7) is 0. The molecule has 78 valence electrons. The molecule has 1 aliphatic rings. The molecule has 0 spiro atoms. The number of hydrogen-bond donors (Lipinski definition) is 0. The third-order valence-corrected chi connectivity index (χ3v) is 2.61. The number of fused-ring (bicyclic) bond motifs is 1. The number of ketones is 1. The van der Waals surface area contributed by atoms with Crippen LogP contribution in [0, 0.1) is 0 Å². The summed E-state index contributed by atoms with van der Waals surface area (Å²) < 4.78 is 38.0. The van der Waals surface area contributed by atoms with Gasteiger partial charge in [0.25, 0.3) is 0 Å². The minimum atomic E-state index is -4.48. The molecule has 0 amide bonds. The van der Waals surface area contributed by atoms with Gasteiger partial charge in [0.15, 0.2) is 5.78 Å². The molecule has 0 bridgehead atoms. The molecular weight excluding hydrogens is 273 g/mol. The van der Waals surface area contributed by atoms with Crippen LogP contribution in [-0.2, 0) is 0 Å². The summed E-state index contributed by atoms with van der Waals surface area (Å²) in [4.78, 5) is 11.2. The second-order valence-electron chi connectivity index (χ2n) is 3.11. The summed E-state index contributed by atoms with van der Waals surface area (Å²) in [5.74, 6) is -0.593. The van der Waals surface area contributed by atoms with E-state index in [1.807, 2.05) is 0 Å². The number of hydrogen-bond acceptors (Lipinski definition) is 1. The van der Waals surface area contributed by atoms with Crippen molar-refractivity contribution < 1.29 is 18.0 Å². The van der Waals surface area contributed by atoms with Crippen molar-refractivity contribution in [2.45, 2.75) is 6.18 Å². The Morgan fingerprint density at radius 2 is 1.80 bits per heavy atom. The van der Waals surface area contributed by atoms with E-state index in [-0.39, 0.29) is 11.1 Å². The van der Waals surface area contributed by atoms with E-state index in [9.17, 15) is 18.0 Å². The van der Waals surface area contributed by atoms with Crippen LogP contribution in [0.3, 0.4) is 0 Å². The van der Waals surface area contributed by atoms with Crippen LogP contribution < -0.4 is 0 Å². The monoisotopic (exact) mass is 276 g/mol. The Balaban J connectivity index is 2.63. The molecule has 15 heavy (non-hydrogen) atoms. The Hall–Kier alpha value is -1.10. The fourth-order valence-corrected chi connectivity index (χ4v) is 1.84. The standard InChI is InChI=1S/C10H4BrF3O/c11-5-1-2-6-7(3-5)8(4-9(6)15)10(12,13)14/h1-4H. The maximum absolute atomic E-state index is 12.5. The molecule has 0 saturated carbocycles. The van der Waals surface area contributed by atoms with Gasteiger partial charge in [-0.2, -0.15) is 13.2 Å². The third kappa shape index (κ3) is 1.71. The molecule has 1 aliphatic carbocycles. The highest BCUT2D eigenvalue weighted by atomic mass is 79.9. The zero-order chi connectivity index (χ0) is 11.2. The lowest BCUT2D eigenvalue weighted by Crippen LogP contribution is -2.09. The number of carbonyl (C=O) groups is 1.